The third kappa shape index (κ3) is 5.78. The highest BCUT2D eigenvalue weighted by Crippen LogP contribution is 2.37. The van der Waals surface area contributed by atoms with Gasteiger partial charge in [0.2, 0.25) is 5.91 Å². The number of nitrogens with one attached hydrogen (secondary N) is 1. The SMILES string of the molecule is COc1ccc(C)cc1CCC(=O)Nc1sc2c(c1C#N)CCN(C(=O)OCc1cccnc1)C2. The molecule has 4 rings (SSSR count). The first-order chi connectivity index (χ1) is 17.0. The summed E-state index contributed by atoms with van der Waals surface area (Å²) in [5.74, 6) is 0.583. The molecule has 9 heteroatoms. The van der Waals surface area contributed by atoms with E-state index in [9.17, 15) is 14.9 Å². The molecule has 0 bridgehead atoms. The molecule has 0 radical (unpaired) electrons. The van der Waals surface area contributed by atoms with E-state index >= 15 is 0 Å². The molecular weight excluding hydrogens is 464 g/mol. The van der Waals surface area contributed by atoms with Crippen LogP contribution in [-0.4, -0.2) is 35.5 Å². The summed E-state index contributed by atoms with van der Waals surface area (Å²) in [5, 5.41) is 13.2. The maximum Gasteiger partial charge on any atom is 0.410 e. The van der Waals surface area contributed by atoms with Crippen LogP contribution in [0.15, 0.2) is 42.7 Å². The molecule has 8 nitrogen and oxygen atoms in total. The number of carbonyl (C=O) groups excluding carboxylic acids is 2. The fraction of sp³-hybridized carbons (Fsp3) is 0.308. The Labute approximate surface area is 208 Å². The van der Waals surface area contributed by atoms with Gasteiger partial charge in [0.1, 0.15) is 23.4 Å². The fourth-order valence-electron chi connectivity index (χ4n) is 4.03. The number of fused-ring (bicyclic) bond motifs is 1. The molecule has 1 aliphatic heterocycles. The summed E-state index contributed by atoms with van der Waals surface area (Å²) in [4.78, 5) is 31.8. The number of aryl methyl sites for hydroxylation is 2. The number of carbonyl (C=O) groups is 2. The molecule has 0 aliphatic carbocycles. The van der Waals surface area contributed by atoms with Crippen molar-refractivity contribution in [3.63, 3.8) is 0 Å². The number of aromatic nitrogens is 1. The van der Waals surface area contributed by atoms with Crippen molar-refractivity contribution in [3.05, 3.63) is 75.4 Å². The van der Waals surface area contributed by atoms with Gasteiger partial charge in [-0.05, 0) is 43.0 Å². The second-order valence-electron chi connectivity index (χ2n) is 8.27. The van der Waals surface area contributed by atoms with Gasteiger partial charge < -0.3 is 19.7 Å². The smallest absolute Gasteiger partial charge is 0.410 e. The second kappa shape index (κ2) is 11.0. The number of nitrogens with zero attached hydrogens (tertiary/aromatic N) is 3. The van der Waals surface area contributed by atoms with Crippen LogP contribution in [0.25, 0.3) is 0 Å². The number of hydrogen-bond acceptors (Lipinski definition) is 7. The van der Waals surface area contributed by atoms with Crippen LogP contribution in [0.3, 0.4) is 0 Å². The molecule has 1 aromatic carbocycles. The Morgan fingerprint density at radius 3 is 2.91 bits per heavy atom. The van der Waals surface area contributed by atoms with Crippen molar-refractivity contribution < 1.29 is 19.1 Å². The Morgan fingerprint density at radius 1 is 1.31 bits per heavy atom. The number of benzene rings is 1. The van der Waals surface area contributed by atoms with Gasteiger partial charge >= 0.3 is 6.09 Å². The van der Waals surface area contributed by atoms with Gasteiger partial charge in [-0.2, -0.15) is 5.26 Å². The standard InChI is InChI=1S/C26H26N4O4S/c1-17-5-7-22(33-2)19(12-17)6-8-24(31)29-25-21(13-27)20-9-11-30(15-23(20)35-25)26(32)34-16-18-4-3-10-28-14-18/h3-5,7,10,12,14H,6,8-9,11,15-16H2,1-2H3,(H,29,31). The molecule has 0 atom stereocenters. The molecule has 0 unspecified atom stereocenters. The fourth-order valence-corrected chi connectivity index (χ4v) is 5.26. The minimum Gasteiger partial charge on any atom is -0.496 e. The quantitative estimate of drug-likeness (QED) is 0.519. The zero-order valence-corrected chi connectivity index (χ0v) is 20.5. The van der Waals surface area contributed by atoms with Crippen LogP contribution in [0.2, 0.25) is 0 Å². The lowest BCUT2D eigenvalue weighted by Gasteiger charge is -2.26. The highest BCUT2D eigenvalue weighted by Gasteiger charge is 2.28. The number of nitriles is 1. The maximum absolute atomic E-state index is 12.7. The van der Waals surface area contributed by atoms with Crippen molar-refractivity contribution in [2.45, 2.75) is 39.3 Å². The lowest BCUT2D eigenvalue weighted by Crippen LogP contribution is -2.35. The third-order valence-corrected chi connectivity index (χ3v) is 6.95. The number of methoxy groups -OCH3 is 1. The molecule has 0 saturated heterocycles. The summed E-state index contributed by atoms with van der Waals surface area (Å²) in [6, 6.07) is 11.7. The van der Waals surface area contributed by atoms with Crippen LogP contribution in [0.5, 0.6) is 5.75 Å². The van der Waals surface area contributed by atoms with Crippen LogP contribution < -0.4 is 10.1 Å². The summed E-state index contributed by atoms with van der Waals surface area (Å²) in [5.41, 5.74) is 4.26. The highest BCUT2D eigenvalue weighted by molar-refractivity contribution is 7.16. The minimum atomic E-state index is -0.413. The van der Waals surface area contributed by atoms with Crippen LogP contribution in [0.4, 0.5) is 9.80 Å². The van der Waals surface area contributed by atoms with Gasteiger partial charge in [0.25, 0.3) is 0 Å². The van der Waals surface area contributed by atoms with Crippen molar-refractivity contribution >= 4 is 28.3 Å². The van der Waals surface area contributed by atoms with Crippen molar-refractivity contribution in [2.24, 2.45) is 0 Å². The molecular formula is C26H26N4O4S. The second-order valence-corrected chi connectivity index (χ2v) is 9.38. The Kier molecular flexibility index (Phi) is 7.63. The van der Waals surface area contributed by atoms with Gasteiger partial charge in [0.15, 0.2) is 0 Å². The van der Waals surface area contributed by atoms with Crippen molar-refractivity contribution in [1.29, 1.82) is 5.26 Å². The van der Waals surface area contributed by atoms with Gasteiger partial charge in [0, 0.05) is 35.8 Å². The average Bonchev–Trinajstić information content (AvgIpc) is 3.22. The van der Waals surface area contributed by atoms with Crippen LogP contribution in [0.1, 0.15) is 39.1 Å². The summed E-state index contributed by atoms with van der Waals surface area (Å²) in [6.45, 7) is 2.94. The molecule has 0 fully saturated rings. The van der Waals surface area contributed by atoms with Crippen LogP contribution in [-0.2, 0) is 35.5 Å². The molecule has 1 aliphatic rings. The van der Waals surface area contributed by atoms with E-state index in [0.29, 0.717) is 36.5 Å². The van der Waals surface area contributed by atoms with E-state index in [1.54, 1.807) is 30.5 Å². The van der Waals surface area contributed by atoms with Gasteiger partial charge in [-0.25, -0.2) is 4.79 Å². The molecule has 0 saturated carbocycles. The predicted molar refractivity (Wildman–Crippen MR) is 132 cm³/mol. The Bertz CT molecular complexity index is 1270. The zero-order valence-electron chi connectivity index (χ0n) is 19.7. The van der Waals surface area contributed by atoms with Gasteiger partial charge in [0.05, 0.1) is 19.2 Å². The van der Waals surface area contributed by atoms with Gasteiger partial charge in [-0.1, -0.05) is 23.8 Å². The first-order valence-corrected chi connectivity index (χ1v) is 12.1. The van der Waals surface area contributed by atoms with E-state index in [4.69, 9.17) is 9.47 Å². The Balaban J connectivity index is 1.38. The number of hydrogen-bond donors (Lipinski definition) is 1. The first kappa shape index (κ1) is 24.2. The van der Waals surface area contributed by atoms with E-state index < -0.39 is 6.09 Å². The Hall–Kier alpha value is -3.90. The summed E-state index contributed by atoms with van der Waals surface area (Å²) >= 11 is 1.34. The number of rotatable bonds is 7. The third-order valence-electron chi connectivity index (χ3n) is 5.82. The average molecular weight is 491 g/mol. The summed E-state index contributed by atoms with van der Waals surface area (Å²) < 4.78 is 10.8. The number of pyridine rings is 1. The topological polar surface area (TPSA) is 105 Å². The maximum atomic E-state index is 12.7. The molecule has 35 heavy (non-hydrogen) atoms. The van der Waals surface area contributed by atoms with E-state index in [1.807, 2.05) is 31.2 Å². The number of amides is 2. The molecule has 3 aromatic rings. The lowest BCUT2D eigenvalue weighted by molar-refractivity contribution is -0.116. The van der Waals surface area contributed by atoms with E-state index in [-0.39, 0.29) is 18.9 Å². The van der Waals surface area contributed by atoms with Gasteiger partial charge in [-0.3, -0.25) is 9.78 Å². The van der Waals surface area contributed by atoms with Gasteiger partial charge in [-0.15, -0.1) is 11.3 Å². The normalized spacial score (nSPS) is 12.4. The zero-order chi connectivity index (χ0) is 24.8. The largest absolute Gasteiger partial charge is 0.496 e. The van der Waals surface area contributed by atoms with Crippen LogP contribution in [0, 0.1) is 18.3 Å². The van der Waals surface area contributed by atoms with E-state index in [0.717, 1.165) is 32.9 Å². The highest BCUT2D eigenvalue weighted by atomic mass is 32.1. The van der Waals surface area contributed by atoms with E-state index in [1.165, 1.54) is 11.3 Å². The number of anilines is 1. The van der Waals surface area contributed by atoms with Crippen molar-refractivity contribution in [1.82, 2.24) is 9.88 Å². The predicted octanol–water partition coefficient (Wildman–Crippen LogP) is 4.60. The number of thiophene rings is 1. The van der Waals surface area contributed by atoms with E-state index in [2.05, 4.69) is 16.4 Å². The van der Waals surface area contributed by atoms with Crippen molar-refractivity contribution in [2.75, 3.05) is 19.0 Å². The molecule has 2 amide bonds. The Morgan fingerprint density at radius 2 is 2.17 bits per heavy atom. The molecule has 2 aromatic heterocycles. The van der Waals surface area contributed by atoms with Crippen molar-refractivity contribution in [3.8, 4) is 11.8 Å². The molecule has 3 heterocycles. The summed E-state index contributed by atoms with van der Waals surface area (Å²) in [6.07, 6.45) is 4.23. The van der Waals surface area contributed by atoms with Crippen LogP contribution >= 0.6 is 11.3 Å². The molecule has 180 valence electrons. The molecule has 1 N–H and O–H groups in total. The minimum absolute atomic E-state index is 0.150. The monoisotopic (exact) mass is 490 g/mol. The summed E-state index contributed by atoms with van der Waals surface area (Å²) in [7, 11) is 1.61. The molecule has 0 spiro atoms. The lowest BCUT2D eigenvalue weighted by atomic mass is 10.0. The number of ether oxygens (including phenoxy) is 2. The first-order valence-electron chi connectivity index (χ1n) is 11.3.